The minimum atomic E-state index is -0.118. The zero-order valence-electron chi connectivity index (χ0n) is 6.55. The molecule has 1 N–H and O–H groups in total. The first kappa shape index (κ1) is 9.14. The quantitative estimate of drug-likeness (QED) is 0.359. The molecule has 0 aliphatic carbocycles. The maximum absolute atomic E-state index is 10.3. The van der Waals surface area contributed by atoms with Gasteiger partial charge in [0, 0.05) is 13.1 Å². The molecule has 0 saturated carbocycles. The van der Waals surface area contributed by atoms with Gasteiger partial charge in [-0.2, -0.15) is 5.10 Å². The fraction of sp³-hybridized carbons (Fsp3) is 0.714. The average molecular weight is 142 g/mol. The molecular formula is C7H14N2O. The number of carbonyl (C=O) groups is 1. The molecule has 0 unspecified atom stereocenters. The molecule has 0 atom stereocenters. The van der Waals surface area contributed by atoms with E-state index in [1.54, 1.807) is 6.21 Å². The molecule has 0 rings (SSSR count). The minimum absolute atomic E-state index is 0.118. The number of hydrogen-bond acceptors (Lipinski definition) is 2. The maximum atomic E-state index is 10.3. The fourth-order valence-corrected chi connectivity index (χ4v) is 0.497. The van der Waals surface area contributed by atoms with Crippen LogP contribution < -0.4 is 5.43 Å². The lowest BCUT2D eigenvalue weighted by atomic mass is 10.3. The van der Waals surface area contributed by atoms with E-state index < -0.39 is 0 Å². The standard InChI is InChI=1S/C7H14N2O/c1-3-4-5-6-8-9-7(2)10/h6H,3-5H2,1-2H3,(H,9,10). The lowest BCUT2D eigenvalue weighted by Gasteiger charge is -1.90. The van der Waals surface area contributed by atoms with Gasteiger partial charge >= 0.3 is 0 Å². The van der Waals surface area contributed by atoms with Crippen LogP contribution in [0.4, 0.5) is 0 Å². The smallest absolute Gasteiger partial charge is 0.236 e. The summed E-state index contributed by atoms with van der Waals surface area (Å²) in [6.45, 7) is 3.56. The van der Waals surface area contributed by atoms with Crippen molar-refractivity contribution in [2.24, 2.45) is 5.10 Å². The molecule has 0 aliphatic rings. The largest absolute Gasteiger partial charge is 0.274 e. The Bertz CT molecular complexity index is 121. The fourth-order valence-electron chi connectivity index (χ4n) is 0.497. The molecular weight excluding hydrogens is 128 g/mol. The van der Waals surface area contributed by atoms with E-state index in [0.29, 0.717) is 0 Å². The van der Waals surface area contributed by atoms with Crippen molar-refractivity contribution in [1.82, 2.24) is 5.43 Å². The normalized spacial score (nSPS) is 10.2. The number of nitrogens with zero attached hydrogens (tertiary/aromatic N) is 1. The Morgan fingerprint density at radius 1 is 1.70 bits per heavy atom. The summed E-state index contributed by atoms with van der Waals surface area (Å²) in [6, 6.07) is 0. The molecule has 58 valence electrons. The van der Waals surface area contributed by atoms with Gasteiger partial charge in [-0.3, -0.25) is 4.79 Å². The van der Waals surface area contributed by atoms with Crippen molar-refractivity contribution in [3.8, 4) is 0 Å². The summed E-state index contributed by atoms with van der Waals surface area (Å²) < 4.78 is 0. The molecule has 3 heteroatoms. The first-order valence-electron chi connectivity index (χ1n) is 3.55. The third kappa shape index (κ3) is 7.14. The molecule has 0 aliphatic heterocycles. The van der Waals surface area contributed by atoms with Gasteiger partial charge in [0.05, 0.1) is 0 Å². The molecule has 0 radical (unpaired) electrons. The Hall–Kier alpha value is -0.860. The molecule has 0 aromatic carbocycles. The predicted molar refractivity (Wildman–Crippen MR) is 41.8 cm³/mol. The van der Waals surface area contributed by atoms with Crippen LogP contribution in [0.25, 0.3) is 0 Å². The molecule has 10 heavy (non-hydrogen) atoms. The number of hydrogen-bond donors (Lipinski definition) is 1. The maximum Gasteiger partial charge on any atom is 0.236 e. The highest BCUT2D eigenvalue weighted by Gasteiger charge is 1.82. The van der Waals surface area contributed by atoms with Gasteiger partial charge in [-0.05, 0) is 12.8 Å². The Kier molecular flexibility index (Phi) is 5.72. The Morgan fingerprint density at radius 3 is 2.90 bits per heavy atom. The first-order chi connectivity index (χ1) is 4.77. The second-order valence-electron chi connectivity index (χ2n) is 2.12. The van der Waals surface area contributed by atoms with E-state index in [4.69, 9.17) is 0 Å². The van der Waals surface area contributed by atoms with Crippen molar-refractivity contribution < 1.29 is 4.79 Å². The van der Waals surface area contributed by atoms with Crippen LogP contribution in [0.3, 0.4) is 0 Å². The monoisotopic (exact) mass is 142 g/mol. The highest BCUT2D eigenvalue weighted by Crippen LogP contribution is 1.88. The molecule has 0 fully saturated rings. The summed E-state index contributed by atoms with van der Waals surface area (Å²) in [5, 5.41) is 3.68. The van der Waals surface area contributed by atoms with E-state index in [9.17, 15) is 4.79 Å². The summed E-state index contributed by atoms with van der Waals surface area (Å²) >= 11 is 0. The Balaban J connectivity index is 3.12. The summed E-state index contributed by atoms with van der Waals surface area (Å²) in [5.74, 6) is -0.118. The van der Waals surface area contributed by atoms with Crippen molar-refractivity contribution in [3.05, 3.63) is 0 Å². The van der Waals surface area contributed by atoms with Gasteiger partial charge in [-0.25, -0.2) is 5.43 Å². The molecule has 0 spiro atoms. The van der Waals surface area contributed by atoms with E-state index >= 15 is 0 Å². The highest BCUT2D eigenvalue weighted by atomic mass is 16.2. The third-order valence-electron chi connectivity index (χ3n) is 1.00. The predicted octanol–water partition coefficient (Wildman–Crippen LogP) is 1.30. The van der Waals surface area contributed by atoms with Crippen LogP contribution >= 0.6 is 0 Å². The Morgan fingerprint density at radius 2 is 2.40 bits per heavy atom. The minimum Gasteiger partial charge on any atom is -0.274 e. The molecule has 0 heterocycles. The molecule has 0 saturated heterocycles. The van der Waals surface area contributed by atoms with Crippen molar-refractivity contribution in [2.45, 2.75) is 33.1 Å². The van der Waals surface area contributed by atoms with Gasteiger partial charge in [0.25, 0.3) is 0 Å². The topological polar surface area (TPSA) is 41.5 Å². The summed E-state index contributed by atoms with van der Waals surface area (Å²) in [6.07, 6.45) is 4.96. The summed E-state index contributed by atoms with van der Waals surface area (Å²) in [5.41, 5.74) is 2.33. The zero-order valence-corrected chi connectivity index (χ0v) is 6.55. The highest BCUT2D eigenvalue weighted by molar-refractivity contribution is 5.73. The van der Waals surface area contributed by atoms with Gasteiger partial charge in [0.15, 0.2) is 0 Å². The number of unbranched alkanes of at least 4 members (excludes halogenated alkanes) is 2. The number of nitrogens with one attached hydrogen (secondary N) is 1. The number of hydrazone groups is 1. The second-order valence-corrected chi connectivity index (χ2v) is 2.12. The third-order valence-corrected chi connectivity index (χ3v) is 1.00. The molecule has 3 nitrogen and oxygen atoms in total. The van der Waals surface area contributed by atoms with E-state index in [-0.39, 0.29) is 5.91 Å². The molecule has 0 bridgehead atoms. The lowest BCUT2D eigenvalue weighted by molar-refractivity contribution is -0.118. The molecule has 0 aromatic rings. The van der Waals surface area contributed by atoms with Gasteiger partial charge in [-0.15, -0.1) is 0 Å². The number of rotatable bonds is 4. The average Bonchev–Trinajstić information content (AvgIpc) is 1.87. The van der Waals surface area contributed by atoms with Gasteiger partial charge < -0.3 is 0 Å². The van der Waals surface area contributed by atoms with Crippen LogP contribution in [0, 0.1) is 0 Å². The van der Waals surface area contributed by atoms with Gasteiger partial charge in [-0.1, -0.05) is 13.3 Å². The van der Waals surface area contributed by atoms with Crippen LogP contribution in [0.1, 0.15) is 33.1 Å². The van der Waals surface area contributed by atoms with Crippen LogP contribution in [0.2, 0.25) is 0 Å². The SMILES string of the molecule is CCCCC=NNC(C)=O. The summed E-state index contributed by atoms with van der Waals surface area (Å²) in [4.78, 5) is 10.3. The van der Waals surface area contributed by atoms with Gasteiger partial charge in [0.1, 0.15) is 0 Å². The molecule has 1 amide bonds. The first-order valence-corrected chi connectivity index (χ1v) is 3.55. The van der Waals surface area contributed by atoms with Crippen LogP contribution in [0.5, 0.6) is 0 Å². The number of amides is 1. The Labute approximate surface area is 61.5 Å². The van der Waals surface area contributed by atoms with Crippen molar-refractivity contribution in [3.63, 3.8) is 0 Å². The molecule has 0 aromatic heterocycles. The van der Waals surface area contributed by atoms with Crippen molar-refractivity contribution in [2.75, 3.05) is 0 Å². The van der Waals surface area contributed by atoms with Crippen LogP contribution in [-0.2, 0) is 4.79 Å². The van der Waals surface area contributed by atoms with Crippen molar-refractivity contribution in [1.29, 1.82) is 0 Å². The zero-order chi connectivity index (χ0) is 7.82. The van der Waals surface area contributed by atoms with Gasteiger partial charge in [0.2, 0.25) is 5.91 Å². The van der Waals surface area contributed by atoms with Crippen LogP contribution in [0.15, 0.2) is 5.10 Å². The second kappa shape index (κ2) is 6.26. The van der Waals surface area contributed by atoms with Crippen LogP contribution in [-0.4, -0.2) is 12.1 Å². The van der Waals surface area contributed by atoms with E-state index in [2.05, 4.69) is 17.5 Å². The lowest BCUT2D eigenvalue weighted by Crippen LogP contribution is -2.11. The van der Waals surface area contributed by atoms with Crippen molar-refractivity contribution >= 4 is 12.1 Å². The van der Waals surface area contributed by atoms with E-state index in [0.717, 1.165) is 19.3 Å². The van der Waals surface area contributed by atoms with E-state index in [1.807, 2.05) is 0 Å². The van der Waals surface area contributed by atoms with E-state index in [1.165, 1.54) is 6.92 Å². The number of carbonyl (C=O) groups excluding carboxylic acids is 1. The summed E-state index contributed by atoms with van der Waals surface area (Å²) in [7, 11) is 0.